The van der Waals surface area contributed by atoms with Gasteiger partial charge in [-0.1, -0.05) is 30.3 Å². The van der Waals surface area contributed by atoms with E-state index in [9.17, 15) is 4.39 Å². The van der Waals surface area contributed by atoms with Crippen LogP contribution in [0.1, 0.15) is 31.4 Å². The minimum atomic E-state index is -0.449. The molecule has 0 spiro atoms. The van der Waals surface area contributed by atoms with Crippen molar-refractivity contribution in [3.63, 3.8) is 0 Å². The molecule has 1 N–H and O–H groups in total. The fourth-order valence-corrected chi connectivity index (χ4v) is 3.26. The third kappa shape index (κ3) is 4.56. The lowest BCUT2D eigenvalue weighted by atomic mass is 10.0. The molecule has 0 bridgehead atoms. The Hall–Kier alpha value is -3.35. The Morgan fingerprint density at radius 1 is 1.14 bits per heavy atom. The number of aromatic nitrogens is 4. The average Bonchev–Trinajstić information content (AvgIpc) is 3.11. The van der Waals surface area contributed by atoms with Gasteiger partial charge in [0.05, 0.1) is 12.3 Å². The van der Waals surface area contributed by atoms with Crippen LogP contribution in [-0.4, -0.2) is 32.6 Å². The fraction of sp³-hybridized carbons (Fsp3) is 0.273. The zero-order chi connectivity index (χ0) is 20.2. The van der Waals surface area contributed by atoms with Crippen molar-refractivity contribution in [2.45, 2.75) is 32.8 Å². The van der Waals surface area contributed by atoms with E-state index in [2.05, 4.69) is 55.6 Å². The molecule has 4 rings (SSSR count). The van der Waals surface area contributed by atoms with Crippen molar-refractivity contribution in [2.24, 2.45) is 0 Å². The number of pyridine rings is 1. The molecule has 0 saturated heterocycles. The maximum atomic E-state index is 13.6. The van der Waals surface area contributed by atoms with Gasteiger partial charge >= 0.3 is 6.01 Å². The van der Waals surface area contributed by atoms with E-state index in [0.29, 0.717) is 23.9 Å². The van der Waals surface area contributed by atoms with Crippen molar-refractivity contribution in [1.29, 1.82) is 0 Å². The van der Waals surface area contributed by atoms with E-state index in [1.54, 1.807) is 0 Å². The average molecular weight is 391 g/mol. The van der Waals surface area contributed by atoms with Crippen molar-refractivity contribution < 1.29 is 9.13 Å². The number of allylic oxidation sites excluding steroid dienone is 1. The summed E-state index contributed by atoms with van der Waals surface area (Å²) in [5.41, 5.74) is 4.45. The van der Waals surface area contributed by atoms with Crippen molar-refractivity contribution in [1.82, 2.24) is 19.9 Å². The molecular formula is C22H22FN5O. The van der Waals surface area contributed by atoms with Gasteiger partial charge in [0.1, 0.15) is 5.82 Å². The number of nitrogens with zero attached hydrogens (tertiary/aromatic N) is 4. The van der Waals surface area contributed by atoms with Gasteiger partial charge in [-0.05, 0) is 49.5 Å². The first-order chi connectivity index (χ1) is 14.1. The van der Waals surface area contributed by atoms with Crippen LogP contribution in [-0.2, 0) is 6.42 Å². The monoisotopic (exact) mass is 391 g/mol. The van der Waals surface area contributed by atoms with Crippen LogP contribution in [0.25, 0.3) is 17.0 Å². The second kappa shape index (κ2) is 8.34. The molecular weight excluding hydrogens is 369 g/mol. The Balaban J connectivity index is 1.51. The summed E-state index contributed by atoms with van der Waals surface area (Å²) in [6, 6.07) is 9.98. The lowest BCUT2D eigenvalue weighted by Crippen LogP contribution is -2.13. The first-order valence-corrected chi connectivity index (χ1v) is 9.63. The highest BCUT2D eigenvalue weighted by Gasteiger charge is 2.14. The largest absolute Gasteiger partial charge is 0.461 e. The Bertz CT molecular complexity index is 1050. The molecule has 0 fully saturated rings. The summed E-state index contributed by atoms with van der Waals surface area (Å²) in [4.78, 5) is 16.9. The number of anilines is 1. The van der Waals surface area contributed by atoms with Gasteiger partial charge < -0.3 is 10.1 Å². The van der Waals surface area contributed by atoms with Crippen LogP contribution >= 0.6 is 0 Å². The van der Waals surface area contributed by atoms with Gasteiger partial charge in [-0.25, -0.2) is 4.39 Å². The summed E-state index contributed by atoms with van der Waals surface area (Å²) in [5.74, 6) is 0.257. The molecule has 148 valence electrons. The minimum absolute atomic E-state index is 0.0936. The quantitative estimate of drug-likeness (QED) is 0.647. The first kappa shape index (κ1) is 19.0. The van der Waals surface area contributed by atoms with E-state index < -0.39 is 5.82 Å². The van der Waals surface area contributed by atoms with E-state index in [4.69, 9.17) is 4.74 Å². The molecule has 0 unspecified atom stereocenters. The molecule has 0 aliphatic heterocycles. The number of halogens is 1. The van der Waals surface area contributed by atoms with Crippen LogP contribution in [0.4, 0.5) is 10.3 Å². The van der Waals surface area contributed by atoms with E-state index in [1.165, 1.54) is 29.0 Å². The Morgan fingerprint density at radius 3 is 2.83 bits per heavy atom. The third-order valence-electron chi connectivity index (χ3n) is 4.53. The highest BCUT2D eigenvalue weighted by atomic mass is 19.1. The summed E-state index contributed by atoms with van der Waals surface area (Å²) in [7, 11) is 0. The summed E-state index contributed by atoms with van der Waals surface area (Å²) >= 11 is 0. The fourth-order valence-electron chi connectivity index (χ4n) is 3.26. The first-order valence-electron chi connectivity index (χ1n) is 9.63. The molecule has 0 radical (unpaired) electrons. The summed E-state index contributed by atoms with van der Waals surface area (Å²) in [6.45, 7) is 4.45. The number of rotatable bonds is 7. The van der Waals surface area contributed by atoms with Crippen LogP contribution in [0.15, 0.2) is 48.8 Å². The van der Waals surface area contributed by atoms with E-state index in [1.807, 2.05) is 13.8 Å². The van der Waals surface area contributed by atoms with Gasteiger partial charge in [-0.2, -0.15) is 15.0 Å². The molecule has 3 aromatic rings. The molecule has 6 nitrogen and oxygen atoms in total. The van der Waals surface area contributed by atoms with Crippen LogP contribution in [0.3, 0.4) is 0 Å². The van der Waals surface area contributed by atoms with Crippen molar-refractivity contribution >= 4 is 11.5 Å². The van der Waals surface area contributed by atoms with Gasteiger partial charge in [0, 0.05) is 18.3 Å². The Morgan fingerprint density at radius 2 is 2.00 bits per heavy atom. The van der Waals surface area contributed by atoms with Crippen LogP contribution in [0, 0.1) is 5.82 Å². The topological polar surface area (TPSA) is 72.8 Å². The summed E-state index contributed by atoms with van der Waals surface area (Å²) < 4.78 is 19.2. The van der Waals surface area contributed by atoms with Crippen molar-refractivity contribution in [2.75, 3.05) is 11.9 Å². The van der Waals surface area contributed by atoms with Crippen molar-refractivity contribution in [3.8, 4) is 17.4 Å². The molecule has 2 aromatic heterocycles. The zero-order valence-electron chi connectivity index (χ0n) is 16.4. The number of hydrogen-bond acceptors (Lipinski definition) is 6. The number of nitrogens with one attached hydrogen (secondary N) is 1. The lowest BCUT2D eigenvalue weighted by molar-refractivity contribution is 0.222. The van der Waals surface area contributed by atoms with Crippen LogP contribution in [0.5, 0.6) is 6.01 Å². The van der Waals surface area contributed by atoms with E-state index in [-0.39, 0.29) is 12.1 Å². The molecule has 1 aliphatic rings. The predicted molar refractivity (Wildman–Crippen MR) is 110 cm³/mol. The minimum Gasteiger partial charge on any atom is -0.461 e. The van der Waals surface area contributed by atoms with Crippen molar-refractivity contribution in [3.05, 3.63) is 65.7 Å². The van der Waals surface area contributed by atoms with Gasteiger partial charge in [0.25, 0.3) is 0 Å². The highest BCUT2D eigenvalue weighted by Crippen LogP contribution is 2.29. The molecule has 0 saturated carbocycles. The van der Waals surface area contributed by atoms with Gasteiger partial charge in [-0.3, -0.25) is 4.98 Å². The maximum absolute atomic E-state index is 13.6. The number of ether oxygens (including phenoxy) is 1. The SMILES string of the molecule is CC(C)Oc1nc(NCCC2=CCc3ccccc32)nc(-c2cncc(F)c2)n1. The van der Waals surface area contributed by atoms with E-state index >= 15 is 0 Å². The second-order valence-corrected chi connectivity index (χ2v) is 7.09. The zero-order valence-corrected chi connectivity index (χ0v) is 16.4. The second-order valence-electron chi connectivity index (χ2n) is 7.09. The molecule has 29 heavy (non-hydrogen) atoms. The standard InChI is InChI=1S/C22H22FN5O/c1-14(2)29-22-27-20(17-11-18(23)13-24-12-17)26-21(28-22)25-10-9-16-8-7-15-5-3-4-6-19(15)16/h3-6,8,11-14H,7,9-10H2,1-2H3,(H,25,26,27,28). The van der Waals surface area contributed by atoms with E-state index in [0.717, 1.165) is 19.0 Å². The van der Waals surface area contributed by atoms with Crippen LogP contribution in [0.2, 0.25) is 0 Å². The van der Waals surface area contributed by atoms with Crippen LogP contribution < -0.4 is 10.1 Å². The molecule has 1 aromatic carbocycles. The maximum Gasteiger partial charge on any atom is 0.322 e. The molecule has 1 aliphatic carbocycles. The number of hydrogen-bond donors (Lipinski definition) is 1. The molecule has 2 heterocycles. The molecule has 0 amide bonds. The van der Waals surface area contributed by atoms with Gasteiger partial charge in [-0.15, -0.1) is 0 Å². The highest BCUT2D eigenvalue weighted by molar-refractivity contribution is 5.73. The molecule has 0 atom stereocenters. The Kier molecular flexibility index (Phi) is 5.46. The lowest BCUT2D eigenvalue weighted by Gasteiger charge is -2.12. The predicted octanol–water partition coefficient (Wildman–Crippen LogP) is 4.30. The Labute approximate surface area is 168 Å². The number of benzene rings is 1. The summed E-state index contributed by atoms with van der Waals surface area (Å²) in [5, 5.41) is 3.24. The smallest absolute Gasteiger partial charge is 0.322 e. The van der Waals surface area contributed by atoms with Gasteiger partial charge in [0.2, 0.25) is 5.95 Å². The normalized spacial score (nSPS) is 12.6. The van der Waals surface area contributed by atoms with Gasteiger partial charge in [0.15, 0.2) is 5.82 Å². The molecule has 7 heteroatoms. The summed E-state index contributed by atoms with van der Waals surface area (Å²) in [6.07, 6.45) is 6.64. The third-order valence-corrected chi connectivity index (χ3v) is 4.53. The number of fused-ring (bicyclic) bond motifs is 1.